The standard InChI is InChI=1S/C28H31NO7.ClH/c1-28(2,3)29-17-25(36-27(32)19-8-13-22(34-5)14-9-19)20-10-15-24(23(30)16-20)35-26(31)18-6-11-21(33-4)12-7-18;/h6-16,25,29-30H,17H2,1-5H3;1H. The summed E-state index contributed by atoms with van der Waals surface area (Å²) < 4.78 is 21.4. The number of carbonyl (C=O) groups excluding carboxylic acids is 2. The summed E-state index contributed by atoms with van der Waals surface area (Å²) in [6, 6.07) is 17.6. The fraction of sp³-hybridized carbons (Fsp3) is 0.286. The number of ether oxygens (including phenoxy) is 4. The molecule has 3 rings (SSSR count). The molecule has 3 aromatic rings. The fourth-order valence-corrected chi connectivity index (χ4v) is 3.26. The molecule has 8 nitrogen and oxygen atoms in total. The van der Waals surface area contributed by atoms with Gasteiger partial charge in [-0.2, -0.15) is 0 Å². The number of phenols is 1. The zero-order chi connectivity index (χ0) is 26.3. The molecule has 0 aromatic heterocycles. The van der Waals surface area contributed by atoms with Gasteiger partial charge in [-0.15, -0.1) is 12.4 Å². The van der Waals surface area contributed by atoms with Crippen molar-refractivity contribution < 1.29 is 33.6 Å². The van der Waals surface area contributed by atoms with E-state index in [2.05, 4.69) is 5.32 Å². The van der Waals surface area contributed by atoms with Crippen LogP contribution in [-0.4, -0.2) is 43.3 Å². The first-order chi connectivity index (χ1) is 17.1. The highest BCUT2D eigenvalue weighted by atomic mass is 35.5. The Kier molecular flexibility index (Phi) is 10.3. The SMILES string of the molecule is COc1ccc(C(=O)Oc2ccc(C(CNC(C)(C)C)OC(=O)c3ccc(OC)cc3)cc2O)cc1.Cl. The molecule has 9 heteroatoms. The molecule has 0 aliphatic rings. The van der Waals surface area contributed by atoms with Crippen LogP contribution in [0.3, 0.4) is 0 Å². The summed E-state index contributed by atoms with van der Waals surface area (Å²) in [7, 11) is 3.08. The number of methoxy groups -OCH3 is 2. The molecule has 0 aliphatic heterocycles. The molecule has 1 atom stereocenters. The number of esters is 2. The van der Waals surface area contributed by atoms with Crippen LogP contribution in [0.5, 0.6) is 23.0 Å². The average molecular weight is 530 g/mol. The summed E-state index contributed by atoms with van der Waals surface area (Å²) in [6.07, 6.45) is -0.712. The molecule has 0 spiro atoms. The Morgan fingerprint density at radius 3 is 1.81 bits per heavy atom. The van der Waals surface area contributed by atoms with E-state index in [1.807, 2.05) is 20.8 Å². The van der Waals surface area contributed by atoms with Crippen LogP contribution in [0.1, 0.15) is 53.2 Å². The van der Waals surface area contributed by atoms with Gasteiger partial charge in [0, 0.05) is 12.1 Å². The molecule has 0 amide bonds. The summed E-state index contributed by atoms with van der Waals surface area (Å²) in [5.74, 6) is -0.176. The second-order valence-electron chi connectivity index (χ2n) is 9.10. The lowest BCUT2D eigenvalue weighted by Crippen LogP contribution is -2.39. The summed E-state index contributed by atoms with van der Waals surface area (Å²) in [5.41, 5.74) is 0.974. The number of halogens is 1. The minimum Gasteiger partial charge on any atom is -0.504 e. The highest BCUT2D eigenvalue weighted by molar-refractivity contribution is 5.91. The van der Waals surface area contributed by atoms with E-state index in [1.165, 1.54) is 19.2 Å². The number of phenolic OH excluding ortho intramolecular Hbond substituents is 1. The predicted octanol–water partition coefficient (Wildman–Crippen LogP) is 5.34. The third-order valence-corrected chi connectivity index (χ3v) is 5.28. The Morgan fingerprint density at radius 1 is 0.838 bits per heavy atom. The van der Waals surface area contributed by atoms with Gasteiger partial charge in [-0.3, -0.25) is 0 Å². The summed E-state index contributed by atoms with van der Waals surface area (Å²) in [4.78, 5) is 25.3. The Labute approximate surface area is 222 Å². The maximum absolute atomic E-state index is 12.8. The van der Waals surface area contributed by atoms with E-state index in [0.29, 0.717) is 34.7 Å². The molecule has 0 radical (unpaired) electrons. The average Bonchev–Trinajstić information content (AvgIpc) is 2.87. The van der Waals surface area contributed by atoms with E-state index in [4.69, 9.17) is 18.9 Å². The second kappa shape index (κ2) is 13.0. The third kappa shape index (κ3) is 8.41. The molecule has 0 saturated carbocycles. The lowest BCUT2D eigenvalue weighted by atomic mass is 10.1. The normalized spacial score (nSPS) is 11.6. The zero-order valence-electron chi connectivity index (χ0n) is 21.4. The molecule has 37 heavy (non-hydrogen) atoms. The van der Waals surface area contributed by atoms with Crippen LogP contribution in [0.4, 0.5) is 0 Å². The highest BCUT2D eigenvalue weighted by Gasteiger charge is 2.23. The van der Waals surface area contributed by atoms with Gasteiger partial charge in [-0.05, 0) is 87.0 Å². The fourth-order valence-electron chi connectivity index (χ4n) is 3.26. The first kappa shape index (κ1) is 29.5. The summed E-state index contributed by atoms with van der Waals surface area (Å²) in [6.45, 7) is 6.29. The quantitative estimate of drug-likeness (QED) is 0.283. The van der Waals surface area contributed by atoms with Gasteiger partial charge >= 0.3 is 11.9 Å². The zero-order valence-corrected chi connectivity index (χ0v) is 22.3. The first-order valence-electron chi connectivity index (χ1n) is 11.4. The van der Waals surface area contributed by atoms with Crippen molar-refractivity contribution in [3.05, 3.63) is 83.4 Å². The Bertz CT molecular complexity index is 1190. The van der Waals surface area contributed by atoms with Gasteiger partial charge in [-0.25, -0.2) is 9.59 Å². The number of hydrogen-bond donors (Lipinski definition) is 2. The van der Waals surface area contributed by atoms with Gasteiger partial charge in [0.05, 0.1) is 25.3 Å². The monoisotopic (exact) mass is 529 g/mol. The number of rotatable bonds is 9. The van der Waals surface area contributed by atoms with Crippen LogP contribution in [0, 0.1) is 0 Å². The second-order valence-corrected chi connectivity index (χ2v) is 9.10. The Hall–Kier alpha value is -3.75. The maximum Gasteiger partial charge on any atom is 0.343 e. The number of nitrogens with one attached hydrogen (secondary N) is 1. The van der Waals surface area contributed by atoms with Gasteiger partial charge in [0.1, 0.15) is 17.6 Å². The molecule has 3 aromatic carbocycles. The molecule has 1 unspecified atom stereocenters. The van der Waals surface area contributed by atoms with Gasteiger partial charge in [0.2, 0.25) is 0 Å². The maximum atomic E-state index is 12.8. The van der Waals surface area contributed by atoms with Gasteiger partial charge in [0.15, 0.2) is 11.5 Å². The largest absolute Gasteiger partial charge is 0.504 e. The van der Waals surface area contributed by atoms with Crippen molar-refractivity contribution in [2.24, 2.45) is 0 Å². The predicted molar refractivity (Wildman–Crippen MR) is 142 cm³/mol. The topological polar surface area (TPSA) is 103 Å². The van der Waals surface area contributed by atoms with E-state index >= 15 is 0 Å². The van der Waals surface area contributed by atoms with Gasteiger partial charge in [-0.1, -0.05) is 6.07 Å². The van der Waals surface area contributed by atoms with Crippen LogP contribution in [0.15, 0.2) is 66.7 Å². The molecular formula is C28H32ClNO7. The first-order valence-corrected chi connectivity index (χ1v) is 11.4. The van der Waals surface area contributed by atoms with Crippen molar-refractivity contribution >= 4 is 24.3 Å². The lowest BCUT2D eigenvalue weighted by molar-refractivity contribution is 0.0282. The van der Waals surface area contributed by atoms with Crippen LogP contribution in [0.25, 0.3) is 0 Å². The molecular weight excluding hydrogens is 498 g/mol. The molecule has 0 saturated heterocycles. The molecule has 0 fully saturated rings. The van der Waals surface area contributed by atoms with Crippen molar-refractivity contribution in [1.29, 1.82) is 0 Å². The van der Waals surface area contributed by atoms with Crippen molar-refractivity contribution in [2.45, 2.75) is 32.4 Å². The van der Waals surface area contributed by atoms with Crippen molar-refractivity contribution in [3.63, 3.8) is 0 Å². The van der Waals surface area contributed by atoms with Crippen LogP contribution in [0.2, 0.25) is 0 Å². The molecule has 2 N–H and O–H groups in total. The third-order valence-electron chi connectivity index (χ3n) is 5.28. The van der Waals surface area contributed by atoms with E-state index in [0.717, 1.165) is 0 Å². The van der Waals surface area contributed by atoms with E-state index in [1.54, 1.807) is 61.7 Å². The smallest absolute Gasteiger partial charge is 0.343 e. The Balaban J connectivity index is 0.00000481. The lowest BCUT2D eigenvalue weighted by Gasteiger charge is -2.26. The molecule has 0 bridgehead atoms. The number of carbonyl (C=O) groups is 2. The van der Waals surface area contributed by atoms with Gasteiger partial charge in [0.25, 0.3) is 0 Å². The minimum absolute atomic E-state index is 0. The van der Waals surface area contributed by atoms with E-state index < -0.39 is 18.0 Å². The van der Waals surface area contributed by atoms with Crippen molar-refractivity contribution in [2.75, 3.05) is 20.8 Å². The van der Waals surface area contributed by atoms with Crippen molar-refractivity contribution in [3.8, 4) is 23.0 Å². The number of hydrogen-bond acceptors (Lipinski definition) is 8. The van der Waals surface area contributed by atoms with Crippen LogP contribution in [-0.2, 0) is 4.74 Å². The van der Waals surface area contributed by atoms with E-state index in [9.17, 15) is 14.7 Å². The van der Waals surface area contributed by atoms with Crippen LogP contribution < -0.4 is 19.5 Å². The summed E-state index contributed by atoms with van der Waals surface area (Å²) >= 11 is 0. The molecule has 198 valence electrons. The number of benzene rings is 3. The molecule has 0 aliphatic carbocycles. The van der Waals surface area contributed by atoms with E-state index in [-0.39, 0.29) is 29.4 Å². The minimum atomic E-state index is -0.712. The number of aromatic hydroxyl groups is 1. The Morgan fingerprint density at radius 2 is 1.35 bits per heavy atom. The van der Waals surface area contributed by atoms with Gasteiger partial charge < -0.3 is 29.4 Å². The van der Waals surface area contributed by atoms with Crippen LogP contribution >= 0.6 is 12.4 Å². The summed E-state index contributed by atoms with van der Waals surface area (Å²) in [5, 5.41) is 13.9. The van der Waals surface area contributed by atoms with Crippen molar-refractivity contribution in [1.82, 2.24) is 5.32 Å². The highest BCUT2D eigenvalue weighted by Crippen LogP contribution is 2.32. The molecule has 0 heterocycles.